The van der Waals surface area contributed by atoms with Crippen molar-refractivity contribution in [3.8, 4) is 16.5 Å². The van der Waals surface area contributed by atoms with E-state index in [4.69, 9.17) is 4.74 Å². The highest BCUT2D eigenvalue weighted by Gasteiger charge is 2.09. The van der Waals surface area contributed by atoms with Crippen molar-refractivity contribution in [2.45, 2.75) is 13.0 Å². The first-order chi connectivity index (χ1) is 12.1. The van der Waals surface area contributed by atoms with E-state index in [1.165, 1.54) is 23.5 Å². The Labute approximate surface area is 148 Å². The average molecular weight is 357 g/mol. The minimum atomic E-state index is -0.305. The minimum absolute atomic E-state index is 0.132. The molecule has 0 radical (unpaired) electrons. The van der Waals surface area contributed by atoms with E-state index < -0.39 is 0 Å². The van der Waals surface area contributed by atoms with Crippen LogP contribution >= 0.6 is 11.3 Å². The van der Waals surface area contributed by atoms with Crippen molar-refractivity contribution >= 4 is 17.2 Å². The fourth-order valence-electron chi connectivity index (χ4n) is 2.21. The van der Waals surface area contributed by atoms with Crippen molar-refractivity contribution in [1.29, 1.82) is 0 Å². The number of rotatable bonds is 6. The van der Waals surface area contributed by atoms with E-state index in [0.717, 1.165) is 5.56 Å². The van der Waals surface area contributed by atoms with Crippen LogP contribution in [0.2, 0.25) is 0 Å². The van der Waals surface area contributed by atoms with Gasteiger partial charge >= 0.3 is 0 Å². The summed E-state index contributed by atoms with van der Waals surface area (Å²) < 4.78 is 18.3. The van der Waals surface area contributed by atoms with Gasteiger partial charge in [-0.1, -0.05) is 18.2 Å². The SMILES string of the molecule is COc1ccc(CNC(=O)Cc2csc(-c3cccc(F)c3)n2)cn1. The van der Waals surface area contributed by atoms with Crippen molar-refractivity contribution < 1.29 is 13.9 Å². The van der Waals surface area contributed by atoms with Crippen molar-refractivity contribution in [3.05, 3.63) is 65.0 Å². The Kier molecular flexibility index (Phi) is 5.35. The molecule has 0 spiro atoms. The predicted molar refractivity (Wildman–Crippen MR) is 93.8 cm³/mol. The van der Waals surface area contributed by atoms with Crippen LogP contribution in [0, 0.1) is 5.82 Å². The summed E-state index contributed by atoms with van der Waals surface area (Å²) in [6.45, 7) is 0.386. The maximum Gasteiger partial charge on any atom is 0.226 e. The zero-order valence-corrected chi connectivity index (χ0v) is 14.3. The summed E-state index contributed by atoms with van der Waals surface area (Å²) in [5, 5.41) is 5.34. The first-order valence-electron chi connectivity index (χ1n) is 7.60. The Balaban J connectivity index is 1.56. The standard InChI is InChI=1S/C18H16FN3O2S/c1-24-17-6-5-12(10-21-17)9-20-16(23)8-15-11-25-18(22-15)13-3-2-4-14(19)7-13/h2-7,10-11H,8-9H2,1H3,(H,20,23). The fraction of sp³-hybridized carbons (Fsp3) is 0.167. The molecule has 0 fully saturated rings. The van der Waals surface area contributed by atoms with E-state index in [2.05, 4.69) is 15.3 Å². The van der Waals surface area contributed by atoms with Gasteiger partial charge in [-0.15, -0.1) is 11.3 Å². The number of benzene rings is 1. The van der Waals surface area contributed by atoms with Crippen LogP contribution < -0.4 is 10.1 Å². The lowest BCUT2D eigenvalue weighted by molar-refractivity contribution is -0.120. The van der Waals surface area contributed by atoms with Gasteiger partial charge in [-0.25, -0.2) is 14.4 Å². The number of hydrogen-bond donors (Lipinski definition) is 1. The zero-order chi connectivity index (χ0) is 17.6. The number of amides is 1. The molecule has 0 aliphatic rings. The van der Waals surface area contributed by atoms with Gasteiger partial charge < -0.3 is 10.1 Å². The van der Waals surface area contributed by atoms with Gasteiger partial charge in [0.1, 0.15) is 10.8 Å². The maximum absolute atomic E-state index is 13.3. The number of methoxy groups -OCH3 is 1. The Bertz CT molecular complexity index is 865. The lowest BCUT2D eigenvalue weighted by Gasteiger charge is -2.05. The fourth-order valence-corrected chi connectivity index (χ4v) is 3.02. The lowest BCUT2D eigenvalue weighted by Crippen LogP contribution is -2.24. The molecule has 7 heteroatoms. The second-order valence-electron chi connectivity index (χ2n) is 5.32. The topological polar surface area (TPSA) is 64.1 Å². The molecule has 0 atom stereocenters. The second-order valence-corrected chi connectivity index (χ2v) is 6.17. The van der Waals surface area contributed by atoms with Gasteiger partial charge in [0, 0.05) is 29.8 Å². The number of carbonyl (C=O) groups is 1. The molecule has 25 heavy (non-hydrogen) atoms. The molecule has 3 aromatic rings. The van der Waals surface area contributed by atoms with Crippen LogP contribution in [0.5, 0.6) is 5.88 Å². The number of thiazole rings is 1. The molecule has 2 aromatic heterocycles. The molecule has 0 bridgehead atoms. The molecule has 0 saturated carbocycles. The third-order valence-electron chi connectivity index (χ3n) is 3.46. The van der Waals surface area contributed by atoms with Gasteiger partial charge in [0.15, 0.2) is 0 Å². The van der Waals surface area contributed by atoms with Crippen LogP contribution in [0.4, 0.5) is 4.39 Å². The molecular weight excluding hydrogens is 341 g/mol. The number of aromatic nitrogens is 2. The van der Waals surface area contributed by atoms with E-state index in [1.807, 2.05) is 11.4 Å². The Morgan fingerprint density at radius 1 is 1.32 bits per heavy atom. The highest BCUT2D eigenvalue weighted by Crippen LogP contribution is 2.24. The van der Waals surface area contributed by atoms with Crippen LogP contribution in [0.1, 0.15) is 11.3 Å². The van der Waals surface area contributed by atoms with Crippen LogP contribution in [-0.2, 0) is 17.8 Å². The number of ether oxygens (including phenoxy) is 1. The number of halogens is 1. The Hall–Kier alpha value is -2.80. The number of pyridine rings is 1. The summed E-state index contributed by atoms with van der Waals surface area (Å²) in [5.41, 5.74) is 2.25. The quantitative estimate of drug-likeness (QED) is 0.736. The summed E-state index contributed by atoms with van der Waals surface area (Å²) in [6.07, 6.45) is 1.83. The first-order valence-corrected chi connectivity index (χ1v) is 8.48. The molecular formula is C18H16FN3O2S. The summed E-state index contributed by atoms with van der Waals surface area (Å²) in [5.74, 6) is 0.0921. The van der Waals surface area contributed by atoms with E-state index in [1.54, 1.807) is 31.5 Å². The first kappa shape index (κ1) is 17.0. The zero-order valence-electron chi connectivity index (χ0n) is 13.5. The van der Waals surface area contributed by atoms with E-state index in [0.29, 0.717) is 28.7 Å². The molecule has 1 aromatic carbocycles. The van der Waals surface area contributed by atoms with E-state index >= 15 is 0 Å². The van der Waals surface area contributed by atoms with Crippen LogP contribution in [0.3, 0.4) is 0 Å². The number of nitrogens with one attached hydrogen (secondary N) is 1. The van der Waals surface area contributed by atoms with Gasteiger partial charge in [0.25, 0.3) is 0 Å². The van der Waals surface area contributed by atoms with Gasteiger partial charge in [-0.05, 0) is 17.7 Å². The number of carbonyl (C=O) groups excluding carboxylic acids is 1. The number of nitrogens with zero attached hydrogens (tertiary/aromatic N) is 2. The average Bonchev–Trinajstić information content (AvgIpc) is 3.09. The third kappa shape index (κ3) is 4.60. The highest BCUT2D eigenvalue weighted by molar-refractivity contribution is 7.13. The van der Waals surface area contributed by atoms with Gasteiger partial charge in [0.2, 0.25) is 11.8 Å². The van der Waals surface area contributed by atoms with Crippen molar-refractivity contribution in [1.82, 2.24) is 15.3 Å². The summed E-state index contributed by atoms with van der Waals surface area (Å²) >= 11 is 1.39. The number of hydrogen-bond acceptors (Lipinski definition) is 5. The normalized spacial score (nSPS) is 10.5. The van der Waals surface area contributed by atoms with Crippen molar-refractivity contribution in [3.63, 3.8) is 0 Å². The smallest absolute Gasteiger partial charge is 0.226 e. The maximum atomic E-state index is 13.3. The largest absolute Gasteiger partial charge is 0.481 e. The summed E-state index contributed by atoms with van der Waals surface area (Å²) in [7, 11) is 1.55. The molecule has 0 saturated heterocycles. The molecule has 0 aliphatic carbocycles. The van der Waals surface area contributed by atoms with Crippen molar-refractivity contribution in [2.75, 3.05) is 7.11 Å². The van der Waals surface area contributed by atoms with Crippen molar-refractivity contribution in [2.24, 2.45) is 0 Å². The monoisotopic (exact) mass is 357 g/mol. The summed E-state index contributed by atoms with van der Waals surface area (Å²) in [6, 6.07) is 9.84. The second kappa shape index (κ2) is 7.85. The predicted octanol–water partition coefficient (Wildman–Crippen LogP) is 3.21. The van der Waals surface area contributed by atoms with E-state index in [9.17, 15) is 9.18 Å². The summed E-state index contributed by atoms with van der Waals surface area (Å²) in [4.78, 5) is 20.5. The molecule has 2 heterocycles. The van der Waals surface area contributed by atoms with Crippen LogP contribution in [0.15, 0.2) is 48.0 Å². The molecule has 1 amide bonds. The Morgan fingerprint density at radius 2 is 2.20 bits per heavy atom. The molecule has 128 valence electrons. The molecule has 3 rings (SSSR count). The van der Waals surface area contributed by atoms with Gasteiger partial charge in [-0.3, -0.25) is 4.79 Å². The minimum Gasteiger partial charge on any atom is -0.481 e. The molecule has 0 aliphatic heterocycles. The Morgan fingerprint density at radius 3 is 2.92 bits per heavy atom. The molecule has 0 unspecified atom stereocenters. The third-order valence-corrected chi connectivity index (χ3v) is 4.40. The van der Waals surface area contributed by atoms with Gasteiger partial charge in [-0.2, -0.15) is 0 Å². The lowest BCUT2D eigenvalue weighted by atomic mass is 10.2. The molecule has 5 nitrogen and oxygen atoms in total. The highest BCUT2D eigenvalue weighted by atomic mass is 32.1. The van der Waals surface area contributed by atoms with Crippen LogP contribution in [0.25, 0.3) is 10.6 Å². The van der Waals surface area contributed by atoms with E-state index in [-0.39, 0.29) is 18.1 Å². The molecule has 1 N–H and O–H groups in total. The van der Waals surface area contributed by atoms with Crippen LogP contribution in [-0.4, -0.2) is 23.0 Å². The van der Waals surface area contributed by atoms with Gasteiger partial charge in [0.05, 0.1) is 19.2 Å².